The molecule has 21 heavy (non-hydrogen) atoms. The lowest BCUT2D eigenvalue weighted by atomic mass is 10.1. The molecule has 0 bridgehead atoms. The summed E-state index contributed by atoms with van der Waals surface area (Å²) in [5, 5.41) is 11.3. The van der Waals surface area contributed by atoms with Gasteiger partial charge in [0.15, 0.2) is 0 Å². The second-order valence-electron chi connectivity index (χ2n) is 4.37. The summed E-state index contributed by atoms with van der Waals surface area (Å²) in [4.78, 5) is 12.1. The van der Waals surface area contributed by atoms with Crippen molar-refractivity contribution in [3.63, 3.8) is 0 Å². The third kappa shape index (κ3) is 3.71. The second-order valence-corrected chi connectivity index (χ2v) is 4.37. The van der Waals surface area contributed by atoms with Crippen LogP contribution in [0.25, 0.3) is 0 Å². The van der Waals surface area contributed by atoms with Crippen molar-refractivity contribution in [3.05, 3.63) is 59.3 Å². The first-order valence-corrected chi connectivity index (χ1v) is 6.35. The summed E-state index contributed by atoms with van der Waals surface area (Å²) in [6.45, 7) is 1.44. The van der Waals surface area contributed by atoms with Crippen LogP contribution in [-0.2, 0) is 0 Å². The average molecular weight is 287 g/mol. The number of rotatable bonds is 3. The molecule has 2 rings (SSSR count). The van der Waals surface area contributed by atoms with E-state index >= 15 is 0 Å². The average Bonchev–Trinajstić information content (AvgIpc) is 3.00. The first-order chi connectivity index (χ1) is 10.1. The van der Waals surface area contributed by atoms with Crippen LogP contribution in [0, 0.1) is 17.7 Å². The first-order valence-electron chi connectivity index (χ1n) is 6.35. The summed E-state index contributed by atoms with van der Waals surface area (Å²) >= 11 is 0. The molecule has 108 valence electrons. The van der Waals surface area contributed by atoms with E-state index in [1.165, 1.54) is 24.5 Å². The van der Waals surface area contributed by atoms with Gasteiger partial charge in [0.25, 0.3) is 5.91 Å². The summed E-state index contributed by atoms with van der Waals surface area (Å²) in [6.07, 6.45) is 1.50. The third-order valence-corrected chi connectivity index (χ3v) is 2.84. The molecular formula is C16H14FNO3. The molecule has 1 aromatic heterocycles. The van der Waals surface area contributed by atoms with Gasteiger partial charge in [-0.15, -0.1) is 0 Å². The van der Waals surface area contributed by atoms with Crippen LogP contribution < -0.4 is 5.32 Å². The highest BCUT2D eigenvalue weighted by Gasteiger charge is 2.16. The van der Waals surface area contributed by atoms with E-state index in [2.05, 4.69) is 17.2 Å². The van der Waals surface area contributed by atoms with Crippen LogP contribution in [0.4, 0.5) is 4.39 Å². The molecule has 0 radical (unpaired) electrons. The number of furan rings is 1. The van der Waals surface area contributed by atoms with Crippen molar-refractivity contribution in [2.75, 3.05) is 6.61 Å². The highest BCUT2D eigenvalue weighted by molar-refractivity contribution is 5.95. The Kier molecular flexibility index (Phi) is 4.75. The number of nitrogens with one attached hydrogen (secondary N) is 1. The minimum atomic E-state index is -0.631. The molecule has 1 aromatic carbocycles. The van der Waals surface area contributed by atoms with Crippen molar-refractivity contribution in [1.29, 1.82) is 0 Å². The van der Waals surface area contributed by atoms with Gasteiger partial charge in [-0.1, -0.05) is 11.8 Å². The van der Waals surface area contributed by atoms with E-state index in [9.17, 15) is 9.18 Å². The summed E-state index contributed by atoms with van der Waals surface area (Å²) < 4.78 is 18.9. The minimum absolute atomic E-state index is 0.0989. The lowest BCUT2D eigenvalue weighted by Gasteiger charge is -2.12. The molecule has 0 spiro atoms. The van der Waals surface area contributed by atoms with Crippen LogP contribution in [0.1, 0.15) is 34.6 Å². The molecule has 1 amide bonds. The van der Waals surface area contributed by atoms with E-state index in [1.54, 1.807) is 19.1 Å². The van der Waals surface area contributed by atoms with Crippen molar-refractivity contribution >= 4 is 5.91 Å². The van der Waals surface area contributed by atoms with Crippen molar-refractivity contribution in [1.82, 2.24) is 5.32 Å². The van der Waals surface area contributed by atoms with E-state index in [-0.39, 0.29) is 18.2 Å². The van der Waals surface area contributed by atoms with Gasteiger partial charge in [0, 0.05) is 5.56 Å². The van der Waals surface area contributed by atoms with Gasteiger partial charge in [0.1, 0.15) is 18.2 Å². The molecule has 5 heteroatoms. The summed E-state index contributed by atoms with van der Waals surface area (Å²) in [5.41, 5.74) is 0.361. The summed E-state index contributed by atoms with van der Waals surface area (Å²) in [7, 11) is 0. The number of carbonyl (C=O) groups is 1. The maximum atomic E-state index is 13.8. The fourth-order valence-corrected chi connectivity index (χ4v) is 1.80. The highest BCUT2D eigenvalue weighted by Crippen LogP contribution is 2.15. The number of amides is 1. The fourth-order valence-electron chi connectivity index (χ4n) is 1.80. The van der Waals surface area contributed by atoms with Crippen molar-refractivity contribution in [2.24, 2.45) is 0 Å². The topological polar surface area (TPSA) is 62.5 Å². The molecule has 0 saturated heterocycles. The van der Waals surface area contributed by atoms with Crippen LogP contribution in [0.15, 0.2) is 41.0 Å². The Labute approximate surface area is 121 Å². The van der Waals surface area contributed by atoms with E-state index in [0.29, 0.717) is 11.3 Å². The van der Waals surface area contributed by atoms with Crippen molar-refractivity contribution in [3.8, 4) is 11.8 Å². The van der Waals surface area contributed by atoms with Crippen LogP contribution >= 0.6 is 0 Å². The molecule has 0 aliphatic rings. The number of halogens is 1. The number of benzene rings is 1. The lowest BCUT2D eigenvalue weighted by molar-refractivity contribution is 0.0931. The SMILES string of the molecule is CC(NC(=O)c1cc(C#CCO)ccc1F)c1ccco1. The third-order valence-electron chi connectivity index (χ3n) is 2.84. The quantitative estimate of drug-likeness (QED) is 0.851. The monoisotopic (exact) mass is 287 g/mol. The van der Waals surface area contributed by atoms with Crippen molar-refractivity contribution in [2.45, 2.75) is 13.0 Å². The first kappa shape index (κ1) is 14.8. The van der Waals surface area contributed by atoms with Gasteiger partial charge in [-0.3, -0.25) is 4.79 Å². The molecule has 1 atom stereocenters. The number of hydrogen-bond donors (Lipinski definition) is 2. The zero-order chi connectivity index (χ0) is 15.2. The minimum Gasteiger partial charge on any atom is -0.467 e. The van der Waals surface area contributed by atoms with E-state index < -0.39 is 11.7 Å². The van der Waals surface area contributed by atoms with Gasteiger partial charge in [-0.05, 0) is 37.3 Å². The van der Waals surface area contributed by atoms with E-state index in [4.69, 9.17) is 9.52 Å². The normalized spacial score (nSPS) is 11.4. The van der Waals surface area contributed by atoms with E-state index in [0.717, 1.165) is 0 Å². The molecule has 2 aromatic rings. The Balaban J connectivity index is 2.18. The van der Waals surface area contributed by atoms with Gasteiger partial charge >= 0.3 is 0 Å². The highest BCUT2D eigenvalue weighted by atomic mass is 19.1. The molecule has 0 fully saturated rings. The van der Waals surface area contributed by atoms with Gasteiger partial charge in [0.2, 0.25) is 0 Å². The Bertz CT molecular complexity index is 683. The van der Waals surface area contributed by atoms with Crippen LogP contribution in [0.3, 0.4) is 0 Å². The smallest absolute Gasteiger partial charge is 0.254 e. The maximum absolute atomic E-state index is 13.8. The van der Waals surface area contributed by atoms with Gasteiger partial charge in [-0.2, -0.15) is 0 Å². The second kappa shape index (κ2) is 6.73. The largest absolute Gasteiger partial charge is 0.467 e. The Morgan fingerprint density at radius 2 is 2.29 bits per heavy atom. The Hall–Kier alpha value is -2.58. The maximum Gasteiger partial charge on any atom is 0.254 e. The molecule has 0 saturated carbocycles. The van der Waals surface area contributed by atoms with Gasteiger partial charge in [0.05, 0.1) is 17.9 Å². The predicted octanol–water partition coefficient (Wildman–Crippen LogP) is 2.25. The molecule has 2 N–H and O–H groups in total. The lowest BCUT2D eigenvalue weighted by Crippen LogP contribution is -2.27. The van der Waals surface area contributed by atoms with Crippen LogP contribution in [-0.4, -0.2) is 17.6 Å². The Morgan fingerprint density at radius 3 is 2.95 bits per heavy atom. The zero-order valence-electron chi connectivity index (χ0n) is 11.4. The number of hydrogen-bond acceptors (Lipinski definition) is 3. The number of carbonyl (C=O) groups excluding carboxylic acids is 1. The summed E-state index contributed by atoms with van der Waals surface area (Å²) in [6, 6.07) is 7.04. The molecule has 1 unspecified atom stereocenters. The number of aliphatic hydroxyl groups is 1. The molecule has 4 nitrogen and oxygen atoms in total. The van der Waals surface area contributed by atoms with E-state index in [1.807, 2.05) is 0 Å². The Morgan fingerprint density at radius 1 is 1.48 bits per heavy atom. The predicted molar refractivity (Wildman–Crippen MR) is 75.0 cm³/mol. The fraction of sp³-hybridized carbons (Fsp3) is 0.188. The van der Waals surface area contributed by atoms with Crippen LogP contribution in [0.2, 0.25) is 0 Å². The molecule has 1 heterocycles. The standard InChI is InChI=1S/C16H14FNO3/c1-11(15-5-3-9-21-15)18-16(20)13-10-12(4-2-8-19)6-7-14(13)17/h3,5-7,9-11,19H,8H2,1H3,(H,18,20). The molecule has 0 aliphatic carbocycles. The molecule has 0 aliphatic heterocycles. The van der Waals surface area contributed by atoms with Crippen LogP contribution in [0.5, 0.6) is 0 Å². The van der Waals surface area contributed by atoms with Gasteiger partial charge < -0.3 is 14.8 Å². The number of aliphatic hydroxyl groups excluding tert-OH is 1. The summed E-state index contributed by atoms with van der Waals surface area (Å²) in [5.74, 6) is 4.48. The van der Waals surface area contributed by atoms with Crippen molar-refractivity contribution < 1.29 is 18.7 Å². The van der Waals surface area contributed by atoms with Gasteiger partial charge in [-0.25, -0.2) is 4.39 Å². The zero-order valence-corrected chi connectivity index (χ0v) is 11.4. The molecular weight excluding hydrogens is 273 g/mol.